The molecule has 1 fully saturated rings. The van der Waals surface area contributed by atoms with E-state index in [1.807, 2.05) is 13.8 Å². The zero-order valence-corrected chi connectivity index (χ0v) is 12.2. The highest BCUT2D eigenvalue weighted by Gasteiger charge is 2.12. The van der Waals surface area contributed by atoms with Gasteiger partial charge in [0.25, 0.3) is 0 Å². The molecule has 0 aromatic carbocycles. The number of nitrogens with zero attached hydrogens (tertiary/aromatic N) is 2. The molecule has 1 heterocycles. The molecule has 3 heteroatoms. The second kappa shape index (κ2) is 12.3. The first kappa shape index (κ1) is 16.9. The van der Waals surface area contributed by atoms with Crippen LogP contribution in [0.2, 0.25) is 0 Å². The highest BCUT2D eigenvalue weighted by atomic mass is 15.2. The zero-order chi connectivity index (χ0) is 12.9. The van der Waals surface area contributed by atoms with Gasteiger partial charge in [0.1, 0.15) is 0 Å². The van der Waals surface area contributed by atoms with Crippen LogP contribution >= 0.6 is 0 Å². The molecule has 0 unspecified atom stereocenters. The van der Waals surface area contributed by atoms with Crippen LogP contribution in [0.1, 0.15) is 46.0 Å². The molecule has 0 radical (unpaired) electrons. The number of piperazine rings is 1. The van der Waals surface area contributed by atoms with Crippen molar-refractivity contribution in [3.05, 3.63) is 0 Å². The standard InChI is InChI=1S/C12H27N3.C2H6/c1-14-9-11-15(12-10-14)8-6-4-2-3-5-7-13;1-2/h2-13H2,1H3;1-2H3. The summed E-state index contributed by atoms with van der Waals surface area (Å²) < 4.78 is 0. The molecule has 0 aromatic rings. The van der Waals surface area contributed by atoms with Crippen molar-refractivity contribution in [3.63, 3.8) is 0 Å². The zero-order valence-electron chi connectivity index (χ0n) is 12.2. The monoisotopic (exact) mass is 243 g/mol. The quantitative estimate of drug-likeness (QED) is 0.696. The highest BCUT2D eigenvalue weighted by Crippen LogP contribution is 2.05. The fraction of sp³-hybridized carbons (Fsp3) is 1.00. The fourth-order valence-corrected chi connectivity index (χ4v) is 2.08. The Kier molecular flexibility index (Phi) is 12.3. The van der Waals surface area contributed by atoms with Crippen LogP contribution < -0.4 is 5.73 Å². The van der Waals surface area contributed by atoms with Gasteiger partial charge in [0, 0.05) is 26.2 Å². The maximum absolute atomic E-state index is 5.46. The minimum absolute atomic E-state index is 0.860. The smallest absolute Gasteiger partial charge is 0.0110 e. The first-order chi connectivity index (χ1) is 8.33. The molecule has 0 spiro atoms. The van der Waals surface area contributed by atoms with E-state index in [9.17, 15) is 0 Å². The minimum atomic E-state index is 0.860. The van der Waals surface area contributed by atoms with E-state index < -0.39 is 0 Å². The van der Waals surface area contributed by atoms with Crippen molar-refractivity contribution < 1.29 is 0 Å². The van der Waals surface area contributed by atoms with Gasteiger partial charge in [-0.2, -0.15) is 0 Å². The van der Waals surface area contributed by atoms with Gasteiger partial charge in [0.2, 0.25) is 0 Å². The second-order valence-electron chi connectivity index (χ2n) is 4.70. The van der Waals surface area contributed by atoms with Crippen LogP contribution in [0.5, 0.6) is 0 Å². The van der Waals surface area contributed by atoms with Crippen LogP contribution in [0.25, 0.3) is 0 Å². The third kappa shape index (κ3) is 9.57. The van der Waals surface area contributed by atoms with Crippen molar-refractivity contribution in [1.29, 1.82) is 0 Å². The van der Waals surface area contributed by atoms with E-state index in [1.54, 1.807) is 0 Å². The Bertz CT molecular complexity index is 142. The van der Waals surface area contributed by atoms with E-state index in [1.165, 1.54) is 64.8 Å². The first-order valence-electron chi connectivity index (χ1n) is 7.44. The predicted octanol–water partition coefficient (Wildman–Crippen LogP) is 2.17. The van der Waals surface area contributed by atoms with Crippen molar-refractivity contribution in [2.75, 3.05) is 46.3 Å². The molecule has 2 N–H and O–H groups in total. The molecule has 0 atom stereocenters. The molecule has 1 rings (SSSR count). The van der Waals surface area contributed by atoms with Gasteiger partial charge in [-0.3, -0.25) is 0 Å². The molecule has 1 aliphatic heterocycles. The molecule has 104 valence electrons. The summed E-state index contributed by atoms with van der Waals surface area (Å²) >= 11 is 0. The van der Waals surface area contributed by atoms with Crippen LogP contribution in [0, 0.1) is 0 Å². The van der Waals surface area contributed by atoms with Crippen molar-refractivity contribution in [3.8, 4) is 0 Å². The minimum Gasteiger partial charge on any atom is -0.330 e. The Morgan fingerprint density at radius 3 is 1.94 bits per heavy atom. The topological polar surface area (TPSA) is 32.5 Å². The van der Waals surface area contributed by atoms with E-state index in [-0.39, 0.29) is 0 Å². The van der Waals surface area contributed by atoms with Crippen molar-refractivity contribution in [2.45, 2.75) is 46.0 Å². The maximum atomic E-state index is 5.46. The number of unbranched alkanes of at least 4 members (excludes halogenated alkanes) is 4. The lowest BCUT2D eigenvalue weighted by molar-refractivity contribution is 0.152. The van der Waals surface area contributed by atoms with E-state index in [0.717, 1.165) is 6.54 Å². The van der Waals surface area contributed by atoms with Crippen LogP contribution in [0.15, 0.2) is 0 Å². The number of rotatable bonds is 7. The summed E-state index contributed by atoms with van der Waals surface area (Å²) in [6.07, 6.45) is 6.64. The lowest BCUT2D eigenvalue weighted by Crippen LogP contribution is -2.44. The molecule has 0 aliphatic carbocycles. The van der Waals surface area contributed by atoms with E-state index in [2.05, 4.69) is 16.8 Å². The van der Waals surface area contributed by atoms with E-state index >= 15 is 0 Å². The van der Waals surface area contributed by atoms with Gasteiger partial charge in [-0.1, -0.05) is 33.1 Å². The fourth-order valence-electron chi connectivity index (χ4n) is 2.08. The Balaban J connectivity index is 0.00000121. The van der Waals surface area contributed by atoms with Gasteiger partial charge in [0.15, 0.2) is 0 Å². The third-order valence-corrected chi connectivity index (χ3v) is 3.27. The lowest BCUT2D eigenvalue weighted by atomic mass is 10.1. The molecule has 0 saturated carbocycles. The molecule has 1 saturated heterocycles. The Labute approximate surface area is 108 Å². The van der Waals surface area contributed by atoms with Crippen LogP contribution in [-0.4, -0.2) is 56.1 Å². The van der Waals surface area contributed by atoms with E-state index in [4.69, 9.17) is 5.73 Å². The summed E-state index contributed by atoms with van der Waals surface area (Å²) in [7, 11) is 2.21. The molecule has 0 bridgehead atoms. The average Bonchev–Trinajstić information content (AvgIpc) is 2.38. The van der Waals surface area contributed by atoms with Crippen molar-refractivity contribution >= 4 is 0 Å². The van der Waals surface area contributed by atoms with Gasteiger partial charge >= 0.3 is 0 Å². The van der Waals surface area contributed by atoms with E-state index in [0.29, 0.717) is 0 Å². The number of likely N-dealkylation sites (N-methyl/N-ethyl adjacent to an activating group) is 1. The molecular formula is C14H33N3. The predicted molar refractivity (Wildman–Crippen MR) is 77.4 cm³/mol. The summed E-state index contributed by atoms with van der Waals surface area (Å²) in [6, 6.07) is 0. The Morgan fingerprint density at radius 2 is 1.35 bits per heavy atom. The van der Waals surface area contributed by atoms with Gasteiger partial charge in [0.05, 0.1) is 0 Å². The SMILES string of the molecule is CC.CN1CCN(CCCCCCCN)CC1. The number of hydrogen-bond acceptors (Lipinski definition) is 3. The van der Waals surface area contributed by atoms with Crippen molar-refractivity contribution in [2.24, 2.45) is 5.73 Å². The van der Waals surface area contributed by atoms with Gasteiger partial charge in [-0.25, -0.2) is 0 Å². The molecule has 17 heavy (non-hydrogen) atoms. The summed E-state index contributed by atoms with van der Waals surface area (Å²) in [5.41, 5.74) is 5.46. The number of nitrogens with two attached hydrogens (primary N) is 1. The van der Waals surface area contributed by atoms with Crippen LogP contribution in [0.3, 0.4) is 0 Å². The highest BCUT2D eigenvalue weighted by molar-refractivity contribution is 4.68. The molecule has 0 aromatic heterocycles. The normalized spacial score (nSPS) is 17.6. The summed E-state index contributed by atoms with van der Waals surface area (Å²) in [5.74, 6) is 0. The van der Waals surface area contributed by atoms with Gasteiger partial charge < -0.3 is 15.5 Å². The molecule has 3 nitrogen and oxygen atoms in total. The van der Waals surface area contributed by atoms with Gasteiger partial charge in [-0.05, 0) is 33.0 Å². The summed E-state index contributed by atoms with van der Waals surface area (Å²) in [4.78, 5) is 5.01. The largest absolute Gasteiger partial charge is 0.330 e. The van der Waals surface area contributed by atoms with Crippen LogP contribution in [0.4, 0.5) is 0 Å². The maximum Gasteiger partial charge on any atom is 0.0110 e. The summed E-state index contributed by atoms with van der Waals surface area (Å²) in [5, 5.41) is 0. The van der Waals surface area contributed by atoms with Gasteiger partial charge in [-0.15, -0.1) is 0 Å². The molecular weight excluding hydrogens is 210 g/mol. The van der Waals surface area contributed by atoms with Crippen molar-refractivity contribution in [1.82, 2.24) is 9.80 Å². The summed E-state index contributed by atoms with van der Waals surface area (Å²) in [6.45, 7) is 11.2. The average molecular weight is 243 g/mol. The number of hydrogen-bond donors (Lipinski definition) is 1. The lowest BCUT2D eigenvalue weighted by Gasteiger charge is -2.32. The Morgan fingerprint density at radius 1 is 0.824 bits per heavy atom. The third-order valence-electron chi connectivity index (χ3n) is 3.27. The second-order valence-corrected chi connectivity index (χ2v) is 4.70. The first-order valence-corrected chi connectivity index (χ1v) is 7.44. The van der Waals surface area contributed by atoms with Crippen LogP contribution in [-0.2, 0) is 0 Å². The molecule has 1 aliphatic rings. The Hall–Kier alpha value is -0.120. The molecule has 0 amide bonds.